The van der Waals surface area contributed by atoms with E-state index in [-0.39, 0.29) is 0 Å². The van der Waals surface area contributed by atoms with Crippen molar-refractivity contribution in [2.24, 2.45) is 5.92 Å². The highest BCUT2D eigenvalue weighted by Gasteiger charge is 2.34. The maximum atomic E-state index is 5.75. The van der Waals surface area contributed by atoms with Crippen molar-refractivity contribution >= 4 is 0 Å². The van der Waals surface area contributed by atoms with Crippen LogP contribution in [0.5, 0.6) is 5.75 Å². The average molecular weight is 286 g/mol. The van der Waals surface area contributed by atoms with Crippen molar-refractivity contribution in [3.8, 4) is 5.75 Å². The molecule has 0 aromatic heterocycles. The Kier molecular flexibility index (Phi) is 3.87. The number of nitrogens with one attached hydrogen (secondary N) is 1. The van der Waals surface area contributed by atoms with Crippen LogP contribution in [-0.2, 0) is 0 Å². The third-order valence-corrected chi connectivity index (χ3v) is 5.29. The van der Waals surface area contributed by atoms with Gasteiger partial charge in [0.2, 0.25) is 0 Å². The predicted molar refractivity (Wildman–Crippen MR) is 84.9 cm³/mol. The Hall–Kier alpha value is -1.06. The van der Waals surface area contributed by atoms with Gasteiger partial charge in [0.25, 0.3) is 0 Å². The number of benzene rings is 1. The predicted octanol–water partition coefficient (Wildman–Crippen LogP) is 2.63. The zero-order chi connectivity index (χ0) is 14.1. The Labute approximate surface area is 127 Å². The zero-order valence-corrected chi connectivity index (χ0v) is 12.8. The lowest BCUT2D eigenvalue weighted by atomic mass is 9.93. The van der Waals surface area contributed by atoms with E-state index < -0.39 is 0 Å². The van der Waals surface area contributed by atoms with Gasteiger partial charge in [0.15, 0.2) is 0 Å². The molecule has 2 atom stereocenters. The van der Waals surface area contributed by atoms with Crippen molar-refractivity contribution in [3.05, 3.63) is 29.8 Å². The molecular formula is C18H26N2O. The van der Waals surface area contributed by atoms with Crippen LogP contribution in [0.1, 0.15) is 37.2 Å². The molecule has 1 N–H and O–H groups in total. The summed E-state index contributed by atoms with van der Waals surface area (Å²) in [5.41, 5.74) is 1.39. The molecule has 2 aliphatic heterocycles. The molecule has 21 heavy (non-hydrogen) atoms. The van der Waals surface area contributed by atoms with Crippen molar-refractivity contribution in [2.75, 3.05) is 32.8 Å². The molecule has 3 heteroatoms. The maximum Gasteiger partial charge on any atom is 0.122 e. The molecule has 0 bridgehead atoms. The van der Waals surface area contributed by atoms with E-state index in [1.54, 1.807) is 0 Å². The topological polar surface area (TPSA) is 24.5 Å². The van der Waals surface area contributed by atoms with Gasteiger partial charge in [0.05, 0.1) is 6.61 Å². The number of hydrogen-bond acceptors (Lipinski definition) is 3. The van der Waals surface area contributed by atoms with E-state index in [4.69, 9.17) is 4.74 Å². The van der Waals surface area contributed by atoms with E-state index in [9.17, 15) is 0 Å². The molecule has 0 spiro atoms. The molecule has 1 aliphatic carbocycles. The molecule has 0 radical (unpaired) electrons. The molecule has 1 saturated heterocycles. The van der Waals surface area contributed by atoms with Crippen LogP contribution in [0.15, 0.2) is 24.3 Å². The van der Waals surface area contributed by atoms with Gasteiger partial charge >= 0.3 is 0 Å². The Balaban J connectivity index is 1.26. The molecule has 114 valence electrons. The first-order valence-corrected chi connectivity index (χ1v) is 8.56. The summed E-state index contributed by atoms with van der Waals surface area (Å²) in [6.45, 7) is 5.80. The minimum absolute atomic E-state index is 0.621. The number of ether oxygens (including phenoxy) is 1. The van der Waals surface area contributed by atoms with Gasteiger partial charge in [0, 0.05) is 25.0 Å². The maximum absolute atomic E-state index is 5.75. The molecule has 1 aromatic carbocycles. The van der Waals surface area contributed by atoms with Crippen molar-refractivity contribution in [2.45, 2.75) is 37.6 Å². The summed E-state index contributed by atoms with van der Waals surface area (Å²) in [5.74, 6) is 2.58. The highest BCUT2D eigenvalue weighted by molar-refractivity contribution is 5.37. The minimum atomic E-state index is 0.621. The highest BCUT2D eigenvalue weighted by atomic mass is 16.5. The summed E-state index contributed by atoms with van der Waals surface area (Å²) in [6, 6.07) is 9.47. The van der Waals surface area contributed by atoms with E-state index in [2.05, 4.69) is 34.5 Å². The standard InChI is InChI=1S/C18H26N2O/c1-2-4-18-17(3-1)15(8-10-21-18)12-19-11-14-7-9-20(13-14)16-5-6-16/h1-4,14-16,19H,5-13H2. The second-order valence-corrected chi connectivity index (χ2v) is 6.91. The lowest BCUT2D eigenvalue weighted by Gasteiger charge is -2.26. The highest BCUT2D eigenvalue weighted by Crippen LogP contribution is 2.33. The third-order valence-electron chi connectivity index (χ3n) is 5.29. The summed E-state index contributed by atoms with van der Waals surface area (Å²) >= 11 is 0. The fourth-order valence-electron chi connectivity index (χ4n) is 3.89. The number of para-hydroxylation sites is 1. The van der Waals surface area contributed by atoms with Crippen LogP contribution in [0.25, 0.3) is 0 Å². The van der Waals surface area contributed by atoms with Crippen LogP contribution in [0, 0.1) is 5.92 Å². The smallest absolute Gasteiger partial charge is 0.122 e. The van der Waals surface area contributed by atoms with Crippen LogP contribution in [0.3, 0.4) is 0 Å². The fourth-order valence-corrected chi connectivity index (χ4v) is 3.89. The van der Waals surface area contributed by atoms with Gasteiger partial charge in [-0.3, -0.25) is 0 Å². The first-order chi connectivity index (χ1) is 10.4. The molecule has 2 unspecified atom stereocenters. The second-order valence-electron chi connectivity index (χ2n) is 6.91. The zero-order valence-electron chi connectivity index (χ0n) is 12.8. The Morgan fingerprint density at radius 3 is 2.90 bits per heavy atom. The van der Waals surface area contributed by atoms with Crippen molar-refractivity contribution in [1.29, 1.82) is 0 Å². The molecule has 3 nitrogen and oxygen atoms in total. The van der Waals surface area contributed by atoms with E-state index in [0.29, 0.717) is 5.92 Å². The summed E-state index contributed by atoms with van der Waals surface area (Å²) in [7, 11) is 0. The molecule has 1 saturated carbocycles. The van der Waals surface area contributed by atoms with Crippen molar-refractivity contribution in [1.82, 2.24) is 10.2 Å². The van der Waals surface area contributed by atoms with Gasteiger partial charge in [-0.2, -0.15) is 0 Å². The molecular weight excluding hydrogens is 260 g/mol. The summed E-state index contributed by atoms with van der Waals surface area (Å²) in [4.78, 5) is 2.70. The number of hydrogen-bond donors (Lipinski definition) is 1. The van der Waals surface area contributed by atoms with Crippen molar-refractivity contribution < 1.29 is 4.74 Å². The normalized spacial score (nSPS) is 29.1. The quantitative estimate of drug-likeness (QED) is 0.900. The van der Waals surface area contributed by atoms with E-state index >= 15 is 0 Å². The van der Waals surface area contributed by atoms with Crippen LogP contribution >= 0.6 is 0 Å². The Morgan fingerprint density at radius 1 is 1.10 bits per heavy atom. The van der Waals surface area contributed by atoms with Gasteiger partial charge in [-0.15, -0.1) is 0 Å². The molecule has 2 heterocycles. The van der Waals surface area contributed by atoms with Crippen molar-refractivity contribution in [3.63, 3.8) is 0 Å². The minimum Gasteiger partial charge on any atom is -0.493 e. The third kappa shape index (κ3) is 3.09. The number of nitrogens with zero attached hydrogens (tertiary/aromatic N) is 1. The summed E-state index contributed by atoms with van der Waals surface area (Å²) < 4.78 is 5.75. The molecule has 0 amide bonds. The summed E-state index contributed by atoms with van der Waals surface area (Å²) in [6.07, 6.45) is 5.41. The van der Waals surface area contributed by atoms with Gasteiger partial charge in [-0.05, 0) is 56.3 Å². The Bertz CT molecular complexity index is 486. The van der Waals surface area contributed by atoms with Crippen LogP contribution in [0.2, 0.25) is 0 Å². The summed E-state index contributed by atoms with van der Waals surface area (Å²) in [5, 5.41) is 3.74. The SMILES string of the molecule is c1ccc2c(c1)OCCC2CNCC1CCN(C2CC2)C1. The van der Waals surface area contributed by atoms with Crippen LogP contribution in [0.4, 0.5) is 0 Å². The molecule has 3 aliphatic rings. The van der Waals surface area contributed by atoms with E-state index in [0.717, 1.165) is 37.3 Å². The molecule has 1 aromatic rings. The van der Waals surface area contributed by atoms with Gasteiger partial charge in [-0.25, -0.2) is 0 Å². The number of fused-ring (bicyclic) bond motifs is 1. The second kappa shape index (κ2) is 5.98. The van der Waals surface area contributed by atoms with Crippen LogP contribution in [-0.4, -0.2) is 43.7 Å². The van der Waals surface area contributed by atoms with Gasteiger partial charge in [0.1, 0.15) is 5.75 Å². The monoisotopic (exact) mass is 286 g/mol. The first-order valence-electron chi connectivity index (χ1n) is 8.56. The van der Waals surface area contributed by atoms with E-state index in [1.807, 2.05) is 0 Å². The fraction of sp³-hybridized carbons (Fsp3) is 0.667. The number of likely N-dealkylation sites (tertiary alicyclic amines) is 1. The lowest BCUT2D eigenvalue weighted by Crippen LogP contribution is -2.31. The number of rotatable bonds is 5. The van der Waals surface area contributed by atoms with Crippen LogP contribution < -0.4 is 10.1 Å². The molecule has 2 fully saturated rings. The molecule has 4 rings (SSSR count). The van der Waals surface area contributed by atoms with E-state index in [1.165, 1.54) is 44.5 Å². The van der Waals surface area contributed by atoms with Gasteiger partial charge < -0.3 is 15.0 Å². The lowest BCUT2D eigenvalue weighted by molar-refractivity contribution is 0.262. The average Bonchev–Trinajstić information content (AvgIpc) is 3.27. The Morgan fingerprint density at radius 2 is 2.00 bits per heavy atom. The van der Waals surface area contributed by atoms with Gasteiger partial charge in [-0.1, -0.05) is 18.2 Å². The first kappa shape index (κ1) is 13.6. The largest absolute Gasteiger partial charge is 0.493 e.